The predicted molar refractivity (Wildman–Crippen MR) is 119 cm³/mol. The minimum Gasteiger partial charge on any atom is -0.478 e. The zero-order valence-electron chi connectivity index (χ0n) is 18.0. The van der Waals surface area contributed by atoms with Crippen LogP contribution in [0.3, 0.4) is 0 Å². The summed E-state index contributed by atoms with van der Waals surface area (Å²) in [5, 5.41) is 14.4. The van der Waals surface area contributed by atoms with E-state index < -0.39 is 17.8 Å². The number of carboxylic acids is 1. The van der Waals surface area contributed by atoms with E-state index in [1.54, 1.807) is 32.0 Å². The molecule has 9 heteroatoms. The lowest BCUT2D eigenvalue weighted by Gasteiger charge is -2.11. The summed E-state index contributed by atoms with van der Waals surface area (Å²) in [5.74, 6) is -2.50. The molecule has 168 valence electrons. The smallest absolute Gasteiger partial charge is 0.335 e. The number of carboxylic acid groups (broad SMARTS) is 1. The van der Waals surface area contributed by atoms with E-state index >= 15 is 0 Å². The van der Waals surface area contributed by atoms with Gasteiger partial charge >= 0.3 is 5.97 Å². The molecule has 33 heavy (non-hydrogen) atoms. The zero-order chi connectivity index (χ0) is 24.1. The van der Waals surface area contributed by atoms with E-state index in [9.17, 15) is 18.8 Å². The number of carbonyl (C=O) groups is 3. The first kappa shape index (κ1) is 23.3. The van der Waals surface area contributed by atoms with E-state index in [0.717, 1.165) is 11.9 Å². The molecule has 3 rings (SSSR count). The summed E-state index contributed by atoms with van der Waals surface area (Å²) in [6.07, 6.45) is 1.10. The quantitative estimate of drug-likeness (QED) is 0.510. The molecule has 0 fully saturated rings. The lowest BCUT2D eigenvalue weighted by molar-refractivity contribution is 0.0695. The SMILES string of the molecule is C=C(NC(=O)c1cc(C(=O)NCc2ccc(F)c(C)c2)ncn1)c1ccc(C(=O)O)c(C)c1. The van der Waals surface area contributed by atoms with Gasteiger partial charge in [-0.05, 0) is 54.3 Å². The summed E-state index contributed by atoms with van der Waals surface area (Å²) < 4.78 is 13.4. The standard InChI is InChI=1S/C24H21FN4O4/c1-13-9-17(5-6-18(13)24(32)33)15(3)29-23(31)21-10-20(27-12-28-21)22(30)26-11-16-4-7-19(25)14(2)8-16/h4-10,12H,3,11H2,1-2H3,(H,26,30)(H,29,31)(H,32,33). The third-order valence-electron chi connectivity index (χ3n) is 4.88. The maximum atomic E-state index is 13.4. The van der Waals surface area contributed by atoms with Crippen molar-refractivity contribution in [1.29, 1.82) is 0 Å². The van der Waals surface area contributed by atoms with Crippen LogP contribution in [0.4, 0.5) is 4.39 Å². The van der Waals surface area contributed by atoms with Crippen LogP contribution in [0.15, 0.2) is 55.4 Å². The Kier molecular flexibility index (Phi) is 6.92. The molecule has 1 heterocycles. The number of aryl methyl sites for hydroxylation is 2. The van der Waals surface area contributed by atoms with E-state index in [1.165, 1.54) is 24.3 Å². The minimum atomic E-state index is -1.05. The van der Waals surface area contributed by atoms with Crippen LogP contribution >= 0.6 is 0 Å². The Labute approximate surface area is 189 Å². The van der Waals surface area contributed by atoms with Crippen molar-refractivity contribution in [2.45, 2.75) is 20.4 Å². The first-order chi connectivity index (χ1) is 15.7. The van der Waals surface area contributed by atoms with Crippen molar-refractivity contribution < 1.29 is 23.9 Å². The average molecular weight is 448 g/mol. The first-order valence-corrected chi connectivity index (χ1v) is 9.85. The Morgan fingerprint density at radius 2 is 1.67 bits per heavy atom. The molecular weight excluding hydrogens is 427 g/mol. The van der Waals surface area contributed by atoms with Gasteiger partial charge in [-0.1, -0.05) is 24.8 Å². The summed E-state index contributed by atoms with van der Waals surface area (Å²) >= 11 is 0. The third-order valence-corrected chi connectivity index (χ3v) is 4.88. The molecule has 0 bridgehead atoms. The molecule has 3 N–H and O–H groups in total. The Morgan fingerprint density at radius 3 is 2.30 bits per heavy atom. The number of halogens is 1. The molecule has 0 aliphatic rings. The predicted octanol–water partition coefficient (Wildman–Crippen LogP) is 3.26. The fraction of sp³-hybridized carbons (Fsp3) is 0.125. The van der Waals surface area contributed by atoms with Gasteiger partial charge in [-0.15, -0.1) is 0 Å². The van der Waals surface area contributed by atoms with Crippen LogP contribution in [0.25, 0.3) is 5.70 Å². The van der Waals surface area contributed by atoms with Gasteiger partial charge in [0, 0.05) is 18.3 Å². The van der Waals surface area contributed by atoms with Crippen LogP contribution in [0, 0.1) is 19.7 Å². The van der Waals surface area contributed by atoms with Gasteiger partial charge in [-0.2, -0.15) is 0 Å². The lowest BCUT2D eigenvalue weighted by atomic mass is 10.0. The second-order valence-corrected chi connectivity index (χ2v) is 7.32. The number of nitrogens with zero attached hydrogens (tertiary/aromatic N) is 2. The van der Waals surface area contributed by atoms with Gasteiger partial charge in [0.05, 0.1) is 5.56 Å². The second-order valence-electron chi connectivity index (χ2n) is 7.32. The molecule has 1 aromatic heterocycles. The van der Waals surface area contributed by atoms with E-state index in [4.69, 9.17) is 5.11 Å². The number of benzene rings is 2. The number of aromatic nitrogens is 2. The molecule has 0 aliphatic heterocycles. The summed E-state index contributed by atoms with van der Waals surface area (Å²) in [4.78, 5) is 44.0. The Balaban J connectivity index is 1.66. The molecule has 0 spiro atoms. The Morgan fingerprint density at radius 1 is 0.970 bits per heavy atom. The van der Waals surface area contributed by atoms with Gasteiger partial charge < -0.3 is 15.7 Å². The van der Waals surface area contributed by atoms with E-state index in [2.05, 4.69) is 27.2 Å². The molecule has 0 saturated carbocycles. The average Bonchev–Trinajstić information content (AvgIpc) is 2.79. The highest BCUT2D eigenvalue weighted by Crippen LogP contribution is 2.16. The summed E-state index contributed by atoms with van der Waals surface area (Å²) in [5.41, 5.74) is 2.58. The summed E-state index contributed by atoms with van der Waals surface area (Å²) in [6.45, 7) is 7.25. The van der Waals surface area contributed by atoms with Crippen molar-refractivity contribution in [3.63, 3.8) is 0 Å². The Hall–Kier alpha value is -4.40. The molecular formula is C24H21FN4O4. The van der Waals surface area contributed by atoms with Gasteiger partial charge in [0.25, 0.3) is 11.8 Å². The van der Waals surface area contributed by atoms with E-state index in [0.29, 0.717) is 16.7 Å². The molecule has 0 radical (unpaired) electrons. The van der Waals surface area contributed by atoms with Gasteiger partial charge in [-0.3, -0.25) is 9.59 Å². The third kappa shape index (κ3) is 5.65. The molecule has 8 nitrogen and oxygen atoms in total. The van der Waals surface area contributed by atoms with E-state index in [-0.39, 0.29) is 35.0 Å². The van der Waals surface area contributed by atoms with Gasteiger partial charge in [0.1, 0.15) is 23.5 Å². The normalized spacial score (nSPS) is 10.4. The Bertz CT molecular complexity index is 1270. The van der Waals surface area contributed by atoms with Crippen LogP contribution in [0.5, 0.6) is 0 Å². The largest absolute Gasteiger partial charge is 0.478 e. The van der Waals surface area contributed by atoms with Gasteiger partial charge in [0.15, 0.2) is 0 Å². The van der Waals surface area contributed by atoms with E-state index in [1.807, 2.05) is 0 Å². The van der Waals surface area contributed by atoms with Crippen molar-refractivity contribution in [2.75, 3.05) is 0 Å². The fourth-order valence-corrected chi connectivity index (χ4v) is 3.06. The highest BCUT2D eigenvalue weighted by atomic mass is 19.1. The molecule has 0 atom stereocenters. The topological polar surface area (TPSA) is 121 Å². The van der Waals surface area contributed by atoms with Crippen LogP contribution in [0.1, 0.15) is 53.6 Å². The second kappa shape index (κ2) is 9.82. The maximum Gasteiger partial charge on any atom is 0.335 e. The summed E-state index contributed by atoms with van der Waals surface area (Å²) in [7, 11) is 0. The zero-order valence-corrected chi connectivity index (χ0v) is 18.0. The molecule has 2 amide bonds. The maximum absolute atomic E-state index is 13.4. The van der Waals surface area contributed by atoms with Crippen LogP contribution in [-0.4, -0.2) is 32.9 Å². The number of nitrogens with one attached hydrogen (secondary N) is 2. The number of rotatable bonds is 7. The fourth-order valence-electron chi connectivity index (χ4n) is 3.06. The van der Waals surface area contributed by atoms with Crippen molar-refractivity contribution in [2.24, 2.45) is 0 Å². The van der Waals surface area contributed by atoms with Crippen molar-refractivity contribution >= 4 is 23.5 Å². The number of hydrogen-bond donors (Lipinski definition) is 3. The number of hydrogen-bond acceptors (Lipinski definition) is 5. The number of aromatic carboxylic acids is 1. The molecule has 3 aromatic rings. The highest BCUT2D eigenvalue weighted by Gasteiger charge is 2.15. The number of amides is 2. The molecule has 2 aromatic carbocycles. The van der Waals surface area contributed by atoms with Crippen molar-refractivity contribution in [1.82, 2.24) is 20.6 Å². The first-order valence-electron chi connectivity index (χ1n) is 9.85. The van der Waals surface area contributed by atoms with Crippen LogP contribution in [-0.2, 0) is 6.54 Å². The van der Waals surface area contributed by atoms with Gasteiger partial charge in [-0.25, -0.2) is 19.2 Å². The summed E-state index contributed by atoms with van der Waals surface area (Å²) in [6, 6.07) is 10.3. The molecule has 0 unspecified atom stereocenters. The van der Waals surface area contributed by atoms with Gasteiger partial charge in [0.2, 0.25) is 0 Å². The highest BCUT2D eigenvalue weighted by molar-refractivity contribution is 6.00. The number of carbonyl (C=O) groups excluding carboxylic acids is 2. The lowest BCUT2D eigenvalue weighted by Crippen LogP contribution is -2.26. The van der Waals surface area contributed by atoms with Crippen molar-refractivity contribution in [3.05, 3.63) is 100 Å². The van der Waals surface area contributed by atoms with Crippen LogP contribution in [0.2, 0.25) is 0 Å². The minimum absolute atomic E-state index is 0.0127. The monoisotopic (exact) mass is 448 g/mol. The molecule has 0 aliphatic carbocycles. The van der Waals surface area contributed by atoms with Crippen molar-refractivity contribution in [3.8, 4) is 0 Å². The van der Waals surface area contributed by atoms with Crippen LogP contribution < -0.4 is 10.6 Å². The molecule has 0 saturated heterocycles.